The molecular formula is C25H23AsFN5O4. The molecule has 0 aliphatic carbocycles. The predicted octanol–water partition coefficient (Wildman–Crippen LogP) is 1.64. The molecule has 2 aromatic carbocycles. The van der Waals surface area contributed by atoms with Crippen LogP contribution in [0, 0.1) is 5.82 Å². The molecule has 36 heavy (non-hydrogen) atoms. The van der Waals surface area contributed by atoms with Crippen molar-refractivity contribution in [2.45, 2.75) is 19.6 Å². The molecule has 0 saturated carbocycles. The van der Waals surface area contributed by atoms with Crippen molar-refractivity contribution in [3.8, 4) is 5.75 Å². The fourth-order valence-electron chi connectivity index (χ4n) is 4.02. The number of carbonyl (C=O) groups is 2. The minimum atomic E-state index is -1.38. The summed E-state index contributed by atoms with van der Waals surface area (Å²) in [4.78, 5) is 29.7. The number of anilines is 1. The molecule has 0 bridgehead atoms. The van der Waals surface area contributed by atoms with Gasteiger partial charge in [-0.15, -0.1) is 0 Å². The summed E-state index contributed by atoms with van der Waals surface area (Å²) in [6.07, 6.45) is 0.828. The van der Waals surface area contributed by atoms with Crippen LogP contribution in [-0.2, 0) is 24.4 Å². The molecule has 9 nitrogen and oxygen atoms in total. The first-order valence-corrected chi connectivity index (χ1v) is 13.3. The zero-order chi connectivity index (χ0) is 25.2. The second-order valence-electron chi connectivity index (χ2n) is 8.43. The molecule has 2 amide bonds. The van der Waals surface area contributed by atoms with Crippen molar-refractivity contribution in [2.75, 3.05) is 18.9 Å². The fraction of sp³-hybridized carbons (Fsp3) is 0.200. The molecule has 4 aromatic rings. The van der Waals surface area contributed by atoms with Crippen LogP contribution in [0.4, 0.5) is 14.9 Å². The van der Waals surface area contributed by atoms with Gasteiger partial charge in [0.15, 0.2) is 0 Å². The second-order valence-corrected chi connectivity index (χ2v) is 11.1. The summed E-state index contributed by atoms with van der Waals surface area (Å²) < 4.78 is 24.4. The van der Waals surface area contributed by atoms with Gasteiger partial charge >= 0.3 is 213 Å². The number of hydrogen-bond donors (Lipinski definition) is 2. The Labute approximate surface area is 212 Å². The van der Waals surface area contributed by atoms with E-state index in [-0.39, 0.29) is 30.5 Å². The third-order valence-corrected chi connectivity index (χ3v) is 8.09. The van der Waals surface area contributed by atoms with E-state index in [1.807, 2.05) is 42.5 Å². The first-order chi connectivity index (χ1) is 17.4. The van der Waals surface area contributed by atoms with E-state index in [0.29, 0.717) is 17.3 Å². The summed E-state index contributed by atoms with van der Waals surface area (Å²) in [5, 5.41) is 17.0. The van der Waals surface area contributed by atoms with Crippen molar-refractivity contribution >= 4 is 53.2 Å². The van der Waals surface area contributed by atoms with Gasteiger partial charge in [-0.05, 0) is 0 Å². The van der Waals surface area contributed by atoms with E-state index in [0.717, 1.165) is 26.6 Å². The van der Waals surface area contributed by atoms with Gasteiger partial charge in [0.2, 0.25) is 0 Å². The number of aromatic nitrogens is 3. The zero-order valence-corrected chi connectivity index (χ0v) is 21.5. The number of ether oxygens (including phenoxy) is 1. The number of likely N-dealkylation sites (N-methyl/N-ethyl adjacent to an activating group) is 1. The predicted molar refractivity (Wildman–Crippen MR) is 134 cm³/mol. The van der Waals surface area contributed by atoms with Crippen molar-refractivity contribution in [1.29, 1.82) is 0 Å². The van der Waals surface area contributed by atoms with Crippen molar-refractivity contribution in [3.63, 3.8) is 0 Å². The van der Waals surface area contributed by atoms with Crippen LogP contribution in [0.3, 0.4) is 0 Å². The fourth-order valence-corrected chi connectivity index (χ4v) is 6.18. The van der Waals surface area contributed by atoms with Crippen LogP contribution in [-0.4, -0.2) is 66.1 Å². The molecule has 184 valence electrons. The number of halogens is 1. The molecule has 2 aromatic heterocycles. The van der Waals surface area contributed by atoms with Crippen LogP contribution in [0.1, 0.15) is 11.3 Å². The molecule has 1 atom stereocenters. The van der Waals surface area contributed by atoms with E-state index in [4.69, 9.17) is 4.74 Å². The maximum atomic E-state index is 15.2. The number of benzene rings is 2. The Morgan fingerprint density at radius 2 is 2.03 bits per heavy atom. The number of hydrogen-bond acceptors (Lipinski definition) is 5. The second kappa shape index (κ2) is 9.99. The third-order valence-electron chi connectivity index (χ3n) is 5.93. The van der Waals surface area contributed by atoms with Gasteiger partial charge in [-0.1, -0.05) is 0 Å². The van der Waals surface area contributed by atoms with Gasteiger partial charge in [-0.3, -0.25) is 0 Å². The van der Waals surface area contributed by atoms with Crippen LogP contribution < -0.4 is 19.0 Å². The standard InChI is InChI=1S/C25H23AsFN5O4/c1-31-8-7-17-11-21(30-32(17)13-22(31)33)26-20-10-16-9-19(36-14-15-5-3-2-4-6-15)23(27)24(29-25(34)35)18(16)12-28-20/h2-6,9-12,26,29H,7-8,13-14H2,1H3,(H,34,35). The molecule has 5 rings (SSSR count). The Balaban J connectivity index is 1.45. The van der Waals surface area contributed by atoms with Gasteiger partial charge in [0, 0.05) is 0 Å². The van der Waals surface area contributed by atoms with Gasteiger partial charge < -0.3 is 0 Å². The molecule has 1 aliphatic heterocycles. The third kappa shape index (κ3) is 5.04. The minimum absolute atomic E-state index is 0.0238. The molecule has 11 heteroatoms. The molecule has 3 heterocycles. The van der Waals surface area contributed by atoms with E-state index in [9.17, 15) is 14.7 Å². The average molecular weight is 551 g/mol. The van der Waals surface area contributed by atoms with Crippen LogP contribution in [0.15, 0.2) is 54.7 Å². The Hall–Kier alpha value is -3.91. The molecule has 0 spiro atoms. The quantitative estimate of drug-likeness (QED) is 0.353. The Kier molecular flexibility index (Phi) is 6.61. The number of fused-ring (bicyclic) bond motifs is 2. The average Bonchev–Trinajstić information content (AvgIpc) is 3.18. The van der Waals surface area contributed by atoms with Crippen molar-refractivity contribution in [3.05, 3.63) is 71.8 Å². The van der Waals surface area contributed by atoms with E-state index in [1.165, 1.54) is 6.20 Å². The molecular weight excluding hydrogens is 528 g/mol. The van der Waals surface area contributed by atoms with Crippen molar-refractivity contribution < 1.29 is 23.8 Å². The summed E-state index contributed by atoms with van der Waals surface area (Å²) in [7, 11) is 1.79. The van der Waals surface area contributed by atoms with Gasteiger partial charge in [0.05, 0.1) is 0 Å². The SMILES string of the molecule is CN1CCc2cc([AsH]c3cc4cc(OCc5ccccc5)c(F)c(NC(=O)O)c4cn3)nn2CC1=O. The molecule has 1 aliphatic rings. The molecule has 0 saturated heterocycles. The Morgan fingerprint density at radius 1 is 1.22 bits per heavy atom. The van der Waals surface area contributed by atoms with Gasteiger partial charge in [0.1, 0.15) is 0 Å². The first kappa shape index (κ1) is 23.8. The Morgan fingerprint density at radius 3 is 2.81 bits per heavy atom. The molecule has 0 fully saturated rings. The number of amides is 2. The van der Waals surface area contributed by atoms with Crippen molar-refractivity contribution in [2.24, 2.45) is 0 Å². The number of carboxylic acid groups (broad SMARTS) is 1. The number of rotatable bonds is 6. The summed E-state index contributed by atoms with van der Waals surface area (Å²) in [5.41, 5.74) is 1.67. The summed E-state index contributed by atoms with van der Waals surface area (Å²) in [6.45, 7) is 0.999. The number of nitrogens with zero attached hydrogens (tertiary/aromatic N) is 4. The van der Waals surface area contributed by atoms with E-state index >= 15 is 4.39 Å². The molecule has 0 radical (unpaired) electrons. The van der Waals surface area contributed by atoms with Crippen LogP contribution in [0.2, 0.25) is 0 Å². The summed E-state index contributed by atoms with van der Waals surface area (Å²) in [6, 6.07) is 14.7. The van der Waals surface area contributed by atoms with E-state index < -0.39 is 27.7 Å². The maximum absolute atomic E-state index is 15.2. The van der Waals surface area contributed by atoms with E-state index in [1.54, 1.807) is 22.7 Å². The van der Waals surface area contributed by atoms with Crippen molar-refractivity contribution in [1.82, 2.24) is 19.7 Å². The molecule has 1 unspecified atom stereocenters. The van der Waals surface area contributed by atoms with Crippen LogP contribution in [0.5, 0.6) is 5.75 Å². The number of pyridine rings is 1. The molecule has 2 N–H and O–H groups in total. The topological polar surface area (TPSA) is 110 Å². The monoisotopic (exact) mass is 551 g/mol. The Bertz CT molecular complexity index is 1460. The summed E-state index contributed by atoms with van der Waals surface area (Å²) >= 11 is -0.953. The normalized spacial score (nSPS) is 13.7. The summed E-state index contributed by atoms with van der Waals surface area (Å²) in [5.74, 6) is -0.821. The van der Waals surface area contributed by atoms with Gasteiger partial charge in [-0.2, -0.15) is 0 Å². The number of nitrogens with one attached hydrogen (secondary N) is 1. The van der Waals surface area contributed by atoms with Gasteiger partial charge in [-0.25, -0.2) is 0 Å². The van der Waals surface area contributed by atoms with Gasteiger partial charge in [0.25, 0.3) is 0 Å². The van der Waals surface area contributed by atoms with Crippen LogP contribution >= 0.6 is 0 Å². The number of carbonyl (C=O) groups excluding carboxylic acids is 1. The first-order valence-electron chi connectivity index (χ1n) is 11.2. The van der Waals surface area contributed by atoms with Crippen LogP contribution in [0.25, 0.3) is 10.8 Å². The zero-order valence-electron chi connectivity index (χ0n) is 19.4. The van der Waals surface area contributed by atoms with E-state index in [2.05, 4.69) is 15.4 Å².